The fraction of sp³-hybridized carbons (Fsp3) is 0.136. The molecule has 2 aromatic carbocycles. The van der Waals surface area contributed by atoms with E-state index in [0.29, 0.717) is 23.7 Å². The monoisotopic (exact) mass is 461 g/mol. The number of nitro benzene ring substituents is 1. The number of aryl methyl sites for hydroxylation is 1. The van der Waals surface area contributed by atoms with E-state index < -0.39 is 16.7 Å². The number of benzene rings is 2. The molecule has 0 atom stereocenters. The van der Waals surface area contributed by atoms with Gasteiger partial charge in [-0.1, -0.05) is 25.1 Å². The van der Waals surface area contributed by atoms with Crippen LogP contribution in [0.4, 0.5) is 5.69 Å². The summed E-state index contributed by atoms with van der Waals surface area (Å²) >= 11 is 0. The van der Waals surface area contributed by atoms with E-state index in [0.717, 1.165) is 6.07 Å². The van der Waals surface area contributed by atoms with E-state index in [1.165, 1.54) is 40.1 Å². The predicted molar refractivity (Wildman–Crippen MR) is 121 cm³/mol. The van der Waals surface area contributed by atoms with Gasteiger partial charge in [0.2, 0.25) is 0 Å². The highest BCUT2D eigenvalue weighted by atomic mass is 16.6. The van der Waals surface area contributed by atoms with E-state index in [4.69, 9.17) is 0 Å². The second kappa shape index (κ2) is 9.32. The summed E-state index contributed by atoms with van der Waals surface area (Å²) in [6, 6.07) is 10.4. The first-order chi connectivity index (χ1) is 16.4. The van der Waals surface area contributed by atoms with Crippen LogP contribution in [-0.4, -0.2) is 36.1 Å². The fourth-order valence-corrected chi connectivity index (χ4v) is 3.44. The summed E-state index contributed by atoms with van der Waals surface area (Å²) in [6.07, 6.45) is 5.05. The quantitative estimate of drug-likeness (QED) is 0.329. The van der Waals surface area contributed by atoms with E-state index in [2.05, 4.69) is 20.9 Å². The first-order valence-electron chi connectivity index (χ1n) is 10.3. The predicted octanol–water partition coefficient (Wildman–Crippen LogP) is 1.98. The molecule has 2 heterocycles. The molecule has 172 valence electrons. The zero-order valence-electron chi connectivity index (χ0n) is 18.0. The Morgan fingerprint density at radius 3 is 2.50 bits per heavy atom. The Labute approximate surface area is 192 Å². The lowest BCUT2D eigenvalue weighted by Gasteiger charge is -2.12. The fourth-order valence-electron chi connectivity index (χ4n) is 3.44. The molecule has 0 fully saturated rings. The number of fused-ring (bicyclic) bond motifs is 1. The van der Waals surface area contributed by atoms with Crippen molar-refractivity contribution in [1.82, 2.24) is 30.2 Å². The van der Waals surface area contributed by atoms with Crippen molar-refractivity contribution in [3.05, 3.63) is 92.9 Å². The molecule has 2 amide bonds. The Balaban J connectivity index is 1.58. The van der Waals surface area contributed by atoms with Crippen molar-refractivity contribution < 1.29 is 14.5 Å². The van der Waals surface area contributed by atoms with E-state index in [1.54, 1.807) is 24.3 Å². The summed E-state index contributed by atoms with van der Waals surface area (Å²) in [5.74, 6) is -1.50. The van der Waals surface area contributed by atoms with Gasteiger partial charge in [0, 0.05) is 36.0 Å². The molecular weight excluding hydrogens is 442 g/mol. The molecule has 0 aliphatic carbocycles. The Morgan fingerprint density at radius 2 is 1.82 bits per heavy atom. The molecule has 12 heteroatoms. The molecular formula is C22H19N7O5. The maximum atomic E-state index is 12.8. The molecule has 0 aliphatic rings. The van der Waals surface area contributed by atoms with Gasteiger partial charge in [0.1, 0.15) is 5.69 Å². The Kier molecular flexibility index (Phi) is 6.12. The molecule has 34 heavy (non-hydrogen) atoms. The largest absolute Gasteiger partial charge is 0.300 e. The Morgan fingerprint density at radius 1 is 1.09 bits per heavy atom. The number of rotatable bonds is 6. The molecule has 0 unspecified atom stereocenters. The third-order valence-electron chi connectivity index (χ3n) is 5.02. The van der Waals surface area contributed by atoms with Crippen LogP contribution in [0, 0.1) is 10.1 Å². The van der Waals surface area contributed by atoms with Crippen LogP contribution < -0.4 is 16.4 Å². The zero-order chi connectivity index (χ0) is 24.2. The number of amides is 2. The van der Waals surface area contributed by atoms with Gasteiger partial charge in [-0.3, -0.25) is 35.3 Å². The molecule has 4 aromatic rings. The first kappa shape index (κ1) is 22.3. The molecule has 0 saturated heterocycles. The van der Waals surface area contributed by atoms with E-state index in [9.17, 15) is 24.5 Å². The van der Waals surface area contributed by atoms with E-state index in [1.807, 2.05) is 6.92 Å². The number of hydrazine groups is 1. The molecule has 0 bridgehead atoms. The summed E-state index contributed by atoms with van der Waals surface area (Å²) in [5.41, 5.74) is 4.04. The van der Waals surface area contributed by atoms with Crippen molar-refractivity contribution in [2.45, 2.75) is 19.9 Å². The zero-order valence-corrected chi connectivity index (χ0v) is 18.0. The van der Waals surface area contributed by atoms with Gasteiger partial charge in [-0.2, -0.15) is 5.10 Å². The molecule has 2 N–H and O–H groups in total. The minimum atomic E-state index is -0.764. The van der Waals surface area contributed by atoms with Crippen LogP contribution >= 0.6 is 0 Å². The highest BCUT2D eigenvalue weighted by molar-refractivity contribution is 6.06. The minimum Gasteiger partial charge on any atom is -0.300 e. The average Bonchev–Trinajstić information content (AvgIpc) is 3.38. The minimum absolute atomic E-state index is 0.0367. The van der Waals surface area contributed by atoms with Crippen LogP contribution in [-0.2, 0) is 6.54 Å². The molecule has 12 nitrogen and oxygen atoms in total. The average molecular weight is 461 g/mol. The number of carbonyl (C=O) groups is 2. The molecule has 0 saturated carbocycles. The maximum absolute atomic E-state index is 12.8. The second-order valence-corrected chi connectivity index (χ2v) is 7.26. The lowest BCUT2D eigenvalue weighted by atomic mass is 10.1. The number of hydrogen-bond acceptors (Lipinski definition) is 7. The summed E-state index contributed by atoms with van der Waals surface area (Å²) < 4.78 is 2.65. The van der Waals surface area contributed by atoms with Crippen LogP contribution in [0.5, 0.6) is 0 Å². The van der Waals surface area contributed by atoms with Crippen LogP contribution in [0.15, 0.2) is 66.0 Å². The van der Waals surface area contributed by atoms with Crippen LogP contribution in [0.2, 0.25) is 0 Å². The van der Waals surface area contributed by atoms with Gasteiger partial charge in [-0.25, -0.2) is 9.67 Å². The number of hydrogen-bond donors (Lipinski definition) is 2. The molecule has 2 aromatic heterocycles. The summed E-state index contributed by atoms with van der Waals surface area (Å²) in [4.78, 5) is 52.8. The number of carbonyl (C=O) groups excluding carboxylic acids is 2. The van der Waals surface area contributed by atoms with Crippen LogP contribution in [0.3, 0.4) is 0 Å². The number of aromatic nitrogens is 4. The highest BCUT2D eigenvalue weighted by Gasteiger charge is 2.20. The number of nitrogens with zero attached hydrogens (tertiary/aromatic N) is 5. The Hall–Kier alpha value is -4.87. The smallest absolute Gasteiger partial charge is 0.294 e. The van der Waals surface area contributed by atoms with Gasteiger partial charge in [0.05, 0.1) is 16.6 Å². The van der Waals surface area contributed by atoms with Gasteiger partial charge < -0.3 is 4.57 Å². The van der Waals surface area contributed by atoms with Gasteiger partial charge >= 0.3 is 0 Å². The lowest BCUT2D eigenvalue weighted by Crippen LogP contribution is -2.42. The Bertz CT molecular complexity index is 1460. The first-order valence-corrected chi connectivity index (χ1v) is 10.3. The van der Waals surface area contributed by atoms with Crippen LogP contribution in [0.1, 0.15) is 34.2 Å². The van der Waals surface area contributed by atoms with Crippen molar-refractivity contribution in [2.75, 3.05) is 0 Å². The van der Waals surface area contributed by atoms with Crippen molar-refractivity contribution in [3.63, 3.8) is 0 Å². The van der Waals surface area contributed by atoms with Gasteiger partial charge in [-0.15, -0.1) is 0 Å². The third-order valence-corrected chi connectivity index (χ3v) is 5.02. The van der Waals surface area contributed by atoms with Crippen molar-refractivity contribution in [3.8, 4) is 5.69 Å². The lowest BCUT2D eigenvalue weighted by molar-refractivity contribution is -0.384. The summed E-state index contributed by atoms with van der Waals surface area (Å²) in [7, 11) is 0. The van der Waals surface area contributed by atoms with Crippen molar-refractivity contribution >= 4 is 28.3 Å². The van der Waals surface area contributed by atoms with E-state index >= 15 is 0 Å². The molecule has 4 rings (SSSR count). The number of imidazole rings is 1. The normalized spacial score (nSPS) is 10.7. The van der Waals surface area contributed by atoms with Crippen LogP contribution in [0.25, 0.3) is 16.5 Å². The van der Waals surface area contributed by atoms with Gasteiger partial charge in [0.15, 0.2) is 5.69 Å². The topological polar surface area (TPSA) is 154 Å². The van der Waals surface area contributed by atoms with Gasteiger partial charge in [0.25, 0.3) is 23.1 Å². The molecule has 0 aliphatic heterocycles. The second-order valence-electron chi connectivity index (χ2n) is 7.26. The standard InChI is InChI=1S/C22H19N7O5/c1-2-10-28-22(32)16-6-4-3-5-15(16)19(26-28)21(31)25-24-20(30)14-7-8-17(18(12-14)29(33)34)27-11-9-23-13-27/h3-9,11-13H,2,10H2,1H3,(H,24,30)(H,25,31). The SMILES string of the molecule is CCCn1nc(C(=O)NNC(=O)c2ccc(-n3ccnc3)c([N+](=O)[O-])c2)c2ccccc2c1=O. The summed E-state index contributed by atoms with van der Waals surface area (Å²) in [5, 5.41) is 16.3. The van der Waals surface area contributed by atoms with Crippen molar-refractivity contribution in [2.24, 2.45) is 0 Å². The number of nitrogens with one attached hydrogen (secondary N) is 2. The van der Waals surface area contributed by atoms with Crippen molar-refractivity contribution in [1.29, 1.82) is 0 Å². The molecule has 0 spiro atoms. The highest BCUT2D eigenvalue weighted by Crippen LogP contribution is 2.24. The maximum Gasteiger partial charge on any atom is 0.294 e. The summed E-state index contributed by atoms with van der Waals surface area (Å²) in [6.45, 7) is 2.20. The molecule has 0 radical (unpaired) electrons. The van der Waals surface area contributed by atoms with E-state index in [-0.39, 0.29) is 28.2 Å². The number of nitro groups is 1. The van der Waals surface area contributed by atoms with Gasteiger partial charge in [-0.05, 0) is 24.6 Å². The third kappa shape index (κ3) is 4.24.